The smallest absolute Gasteiger partial charge is 0.509 e. The van der Waals surface area contributed by atoms with Crippen molar-refractivity contribution in [2.45, 2.75) is 98.3 Å². The maximum absolute atomic E-state index is 9.25. The van der Waals surface area contributed by atoms with Gasteiger partial charge in [0.05, 0.1) is 6.85 Å². The summed E-state index contributed by atoms with van der Waals surface area (Å²) in [6.07, 6.45) is 1.81. The van der Waals surface area contributed by atoms with Gasteiger partial charge in [0.1, 0.15) is 11.5 Å². The third-order valence-electron chi connectivity index (χ3n) is 11.6. The van der Waals surface area contributed by atoms with Crippen LogP contribution >= 0.6 is 0 Å². The minimum atomic E-state index is -0.910. The van der Waals surface area contributed by atoms with E-state index in [1.807, 2.05) is 83.7 Å². The van der Waals surface area contributed by atoms with Gasteiger partial charge in [0.25, 0.3) is 5.69 Å². The Morgan fingerprint density at radius 3 is 2.05 bits per heavy atom. The van der Waals surface area contributed by atoms with Gasteiger partial charge in [0.15, 0.2) is 0 Å². The average molecular weight is 1010 g/mol. The Balaban J connectivity index is 0.00000642. The molecule has 6 heteroatoms. The monoisotopic (exact) mass is 1010 g/mol. The van der Waals surface area contributed by atoms with E-state index in [0.29, 0.717) is 34.1 Å². The van der Waals surface area contributed by atoms with E-state index in [1.54, 1.807) is 12.3 Å². The first-order chi connectivity index (χ1) is 31.8. The molecule has 0 spiro atoms. The third-order valence-corrected chi connectivity index (χ3v) is 11.6. The van der Waals surface area contributed by atoms with Crippen LogP contribution in [0.3, 0.4) is 0 Å². The van der Waals surface area contributed by atoms with Gasteiger partial charge in [-0.25, -0.2) is 4.98 Å². The second-order valence-corrected chi connectivity index (χ2v) is 19.5. The molecule has 1 aliphatic rings. The quantitative estimate of drug-likeness (QED) is 0.118. The summed E-state index contributed by atoms with van der Waals surface area (Å²) < 4.78 is 64.3. The van der Waals surface area contributed by atoms with E-state index in [1.165, 1.54) is 11.1 Å². The van der Waals surface area contributed by atoms with Crippen LogP contribution in [0.1, 0.15) is 113 Å². The summed E-state index contributed by atoms with van der Waals surface area (Å²) >= 11 is 0. The Bertz CT molecular complexity index is 3410. The predicted molar refractivity (Wildman–Crippen MR) is 259 cm³/mol. The third kappa shape index (κ3) is 8.38. The molecular formula is C57H56N4OPt+2. The summed E-state index contributed by atoms with van der Waals surface area (Å²) in [6.45, 7) is 23.7. The number of aromatic nitrogens is 2. The molecule has 0 N–H and O–H groups in total. The van der Waals surface area contributed by atoms with Gasteiger partial charge < -0.3 is 9.30 Å². The number of hydrogen-bond donors (Lipinski definition) is 0. The molecule has 0 atom stereocenters. The minimum absolute atomic E-state index is 0. The summed E-state index contributed by atoms with van der Waals surface area (Å²) in [5, 5.41) is 1.61. The SMILES string of the molecule is [2H]c1c([2H])c([2H])c(-c2ccc3c(c2)c2ccc(Oc4[c-]c([N+]5=C=[N+](c6cc(C(C)(C)C)cc(C(C)(C)C)c6)c6c5cccc6C([2H])(C)C)ccc4)[c-]c2n3-c2cc(C(C)(C)C)ccn2)c([2H])c1[2H].[Pt+2]. The molecule has 5 nitrogen and oxygen atoms in total. The molecule has 0 radical (unpaired) electrons. The van der Waals surface area contributed by atoms with Crippen molar-refractivity contribution in [2.24, 2.45) is 0 Å². The van der Waals surface area contributed by atoms with Crippen molar-refractivity contribution in [1.29, 1.82) is 0 Å². The molecule has 0 amide bonds. The summed E-state index contributed by atoms with van der Waals surface area (Å²) in [6, 6.07) is 41.2. The van der Waals surface area contributed by atoms with Gasteiger partial charge in [0, 0.05) is 48.3 Å². The van der Waals surface area contributed by atoms with Crippen LogP contribution in [0.5, 0.6) is 11.5 Å². The molecular weight excluding hydrogens is 952 g/mol. The summed E-state index contributed by atoms with van der Waals surface area (Å²) in [5.74, 6) is 0.666. The van der Waals surface area contributed by atoms with Crippen LogP contribution in [0.4, 0.5) is 22.7 Å². The fourth-order valence-electron chi connectivity index (χ4n) is 8.05. The van der Waals surface area contributed by atoms with Gasteiger partial charge in [0.2, 0.25) is 5.69 Å². The largest absolute Gasteiger partial charge is 2.00 e. The first kappa shape index (κ1) is 36.6. The normalized spacial score (nSPS) is 14.5. The van der Waals surface area contributed by atoms with Crippen LogP contribution in [0.2, 0.25) is 0 Å². The number of rotatable bonds is 7. The molecule has 0 saturated carbocycles. The zero-order valence-electron chi connectivity index (χ0n) is 43.8. The summed E-state index contributed by atoms with van der Waals surface area (Å²) in [5.41, 5.74) is 9.59. The molecule has 2 aromatic heterocycles. The number of fused-ring (bicyclic) bond motifs is 4. The molecule has 3 heterocycles. The topological polar surface area (TPSA) is 33.1 Å². The van der Waals surface area contributed by atoms with Gasteiger partial charge >= 0.3 is 32.8 Å². The Morgan fingerprint density at radius 1 is 0.683 bits per heavy atom. The molecule has 0 bridgehead atoms. The zero-order valence-corrected chi connectivity index (χ0v) is 40.1. The van der Waals surface area contributed by atoms with Crippen LogP contribution in [-0.2, 0) is 37.3 Å². The summed E-state index contributed by atoms with van der Waals surface area (Å²) in [7, 11) is 0. The Labute approximate surface area is 396 Å². The number of nitrogens with zero attached hydrogens (tertiary/aromatic N) is 4. The molecule has 0 saturated heterocycles. The maximum Gasteiger partial charge on any atom is 2.00 e. The van der Waals surface area contributed by atoms with E-state index in [0.717, 1.165) is 44.5 Å². The minimum Gasteiger partial charge on any atom is -0.509 e. The van der Waals surface area contributed by atoms with Crippen molar-refractivity contribution in [2.75, 3.05) is 0 Å². The molecule has 8 aromatic rings. The van der Waals surface area contributed by atoms with Crippen LogP contribution in [0.25, 0.3) is 38.8 Å². The first-order valence-electron chi connectivity index (χ1n) is 24.2. The van der Waals surface area contributed by atoms with Crippen molar-refractivity contribution < 1.29 is 34.0 Å². The Kier molecular flexibility index (Phi) is 9.51. The molecule has 0 unspecified atom stereocenters. The number of ether oxygens (including phenoxy) is 1. The van der Waals surface area contributed by atoms with Gasteiger partial charge in [-0.2, -0.15) is 12.1 Å². The van der Waals surface area contributed by atoms with Gasteiger partial charge in [-0.05, 0) is 78.1 Å². The first-order valence-corrected chi connectivity index (χ1v) is 21.2. The van der Waals surface area contributed by atoms with Gasteiger partial charge in [-0.15, -0.1) is 23.6 Å². The predicted octanol–water partition coefficient (Wildman–Crippen LogP) is 15.1. The Morgan fingerprint density at radius 2 is 1.37 bits per heavy atom. The van der Waals surface area contributed by atoms with Crippen molar-refractivity contribution >= 4 is 50.6 Å². The molecule has 0 fully saturated rings. The van der Waals surface area contributed by atoms with Crippen molar-refractivity contribution in [3.05, 3.63) is 168 Å². The second kappa shape index (κ2) is 16.4. The van der Waals surface area contributed by atoms with E-state index >= 15 is 0 Å². The second-order valence-electron chi connectivity index (χ2n) is 19.5. The van der Waals surface area contributed by atoms with Crippen LogP contribution < -0.4 is 13.9 Å². The van der Waals surface area contributed by atoms with Crippen molar-refractivity contribution in [3.8, 4) is 28.4 Å². The van der Waals surface area contributed by atoms with E-state index < -0.39 is 11.9 Å². The molecule has 1 aliphatic heterocycles. The molecule has 318 valence electrons. The standard InChI is InChI=1S/C57H56N4O.Pt/c1-37(2)47-21-16-22-51-54(47)60(44-31-41(56(6,7)8)30-42(32-44)57(9,10)11)36-59(51)43-19-15-20-45(34-43)62-46-24-25-48-49-29-39(38-17-13-12-14-18-38)23-26-50(49)61(52(48)35-46)53-33-40(27-28-58-53)55(3,4)5;/h12-33,37H,1-11H3;/q;+2/i12D,13D,14D,17D,18D,37D;. The molecule has 6 aromatic carbocycles. The molecule has 63 heavy (non-hydrogen) atoms. The van der Waals surface area contributed by atoms with E-state index in [9.17, 15) is 1.37 Å². The van der Waals surface area contributed by atoms with Crippen molar-refractivity contribution in [1.82, 2.24) is 18.7 Å². The van der Waals surface area contributed by atoms with Crippen LogP contribution in [0.15, 0.2) is 133 Å². The number of pyridine rings is 1. The van der Waals surface area contributed by atoms with E-state index in [4.69, 9.17) is 16.6 Å². The van der Waals surface area contributed by atoms with Gasteiger partial charge in [-0.1, -0.05) is 159 Å². The molecule has 0 aliphatic carbocycles. The number of hydrogen-bond acceptors (Lipinski definition) is 2. The number of benzene rings is 6. The van der Waals surface area contributed by atoms with Crippen LogP contribution in [-0.4, -0.2) is 15.6 Å². The fourth-order valence-corrected chi connectivity index (χ4v) is 8.05. The van der Waals surface area contributed by atoms with Gasteiger partial charge in [-0.3, -0.25) is 0 Å². The zero-order chi connectivity index (χ0) is 49.0. The molecule has 9 rings (SSSR count). The van der Waals surface area contributed by atoms with Crippen LogP contribution in [0, 0.1) is 12.1 Å². The fraction of sp³-hybridized carbons (Fsp3) is 0.263. The maximum atomic E-state index is 9.25. The van der Waals surface area contributed by atoms with Crippen molar-refractivity contribution in [3.63, 3.8) is 0 Å². The summed E-state index contributed by atoms with van der Waals surface area (Å²) in [4.78, 5) is 4.84. The van der Waals surface area contributed by atoms with E-state index in [2.05, 4.69) is 115 Å². The average Bonchev–Trinajstić information content (AvgIpc) is 3.82. The van der Waals surface area contributed by atoms with E-state index in [-0.39, 0.29) is 67.0 Å². The Hall–Kier alpha value is -5.86. The number of para-hydroxylation sites is 1.